The monoisotopic (exact) mass is 294 g/mol. The Kier molecular flexibility index (Phi) is 7.50. The number of rotatable bonds is 9. The minimum Gasteiger partial charge on any atom is -0.466 e. The van der Waals surface area contributed by atoms with Gasteiger partial charge >= 0.3 is 5.97 Å². The first-order valence-corrected chi connectivity index (χ1v) is 7.57. The van der Waals surface area contributed by atoms with Gasteiger partial charge in [0.05, 0.1) is 6.61 Å². The number of hydrogen-bond acceptors (Lipinski definition) is 6. The van der Waals surface area contributed by atoms with Gasteiger partial charge in [0.15, 0.2) is 0 Å². The smallest absolute Gasteiger partial charge is 0.305 e. The summed E-state index contributed by atoms with van der Waals surface area (Å²) in [7, 11) is 1.86. The molecule has 1 rings (SSSR count). The first-order chi connectivity index (χ1) is 10.1. The molecule has 1 heterocycles. The second-order valence-electron chi connectivity index (χ2n) is 4.80. The lowest BCUT2D eigenvalue weighted by Crippen LogP contribution is -2.12. The Hall–Kier alpha value is -1.85. The minimum absolute atomic E-state index is 0.152. The van der Waals surface area contributed by atoms with Gasteiger partial charge in [-0.25, -0.2) is 9.97 Å². The number of hydrogen-bond donors (Lipinski definition) is 2. The van der Waals surface area contributed by atoms with Gasteiger partial charge in [-0.1, -0.05) is 6.92 Å². The largest absolute Gasteiger partial charge is 0.466 e. The van der Waals surface area contributed by atoms with Crippen molar-refractivity contribution in [3.8, 4) is 0 Å². The average molecular weight is 294 g/mol. The van der Waals surface area contributed by atoms with Crippen LogP contribution in [0.15, 0.2) is 0 Å². The third-order valence-corrected chi connectivity index (χ3v) is 3.06. The number of nitrogens with zero attached hydrogens (tertiary/aromatic N) is 2. The predicted octanol–water partition coefficient (Wildman–Crippen LogP) is 2.53. The summed E-state index contributed by atoms with van der Waals surface area (Å²) >= 11 is 0. The Labute approximate surface area is 126 Å². The highest BCUT2D eigenvalue weighted by atomic mass is 16.5. The van der Waals surface area contributed by atoms with E-state index in [2.05, 4.69) is 27.5 Å². The fourth-order valence-corrected chi connectivity index (χ4v) is 1.99. The molecule has 0 radical (unpaired) electrons. The Morgan fingerprint density at radius 3 is 2.57 bits per heavy atom. The zero-order valence-electron chi connectivity index (χ0n) is 13.5. The van der Waals surface area contributed by atoms with Crippen molar-refractivity contribution in [2.75, 3.05) is 30.8 Å². The molecular weight excluding hydrogens is 268 g/mol. The number of aryl methyl sites for hydroxylation is 1. The lowest BCUT2D eigenvalue weighted by molar-refractivity contribution is -0.143. The van der Waals surface area contributed by atoms with Crippen LogP contribution in [0.25, 0.3) is 0 Å². The van der Waals surface area contributed by atoms with Crippen LogP contribution in [0.3, 0.4) is 0 Å². The number of carbonyl (C=O) groups excluding carboxylic acids is 1. The second kappa shape index (κ2) is 9.15. The Bertz CT molecular complexity index is 463. The summed E-state index contributed by atoms with van der Waals surface area (Å²) in [6.45, 7) is 7.02. The molecule has 0 aliphatic carbocycles. The topological polar surface area (TPSA) is 76.1 Å². The molecule has 0 spiro atoms. The van der Waals surface area contributed by atoms with Gasteiger partial charge in [0.2, 0.25) is 0 Å². The van der Waals surface area contributed by atoms with Crippen molar-refractivity contribution in [2.45, 2.75) is 46.5 Å². The van der Waals surface area contributed by atoms with Crippen LogP contribution < -0.4 is 10.6 Å². The lowest BCUT2D eigenvalue weighted by Gasteiger charge is -2.13. The molecule has 0 unspecified atom stereocenters. The van der Waals surface area contributed by atoms with Gasteiger partial charge in [0.1, 0.15) is 17.5 Å². The van der Waals surface area contributed by atoms with Gasteiger partial charge in [-0.3, -0.25) is 4.79 Å². The standard InChI is InChI=1S/C15H26N4O2/c1-5-8-12-18-14(16-4)11(3)15(19-12)17-10-7-9-13(20)21-6-2/h5-10H2,1-4H3,(H2,16,17,18,19). The Morgan fingerprint density at radius 1 is 1.24 bits per heavy atom. The number of anilines is 2. The molecule has 0 amide bonds. The number of esters is 1. The molecule has 0 aliphatic rings. The number of nitrogens with one attached hydrogen (secondary N) is 2. The van der Waals surface area contributed by atoms with E-state index >= 15 is 0 Å². The van der Waals surface area contributed by atoms with Crippen LogP contribution in [0.5, 0.6) is 0 Å². The molecule has 2 N–H and O–H groups in total. The zero-order chi connectivity index (χ0) is 15.7. The van der Waals surface area contributed by atoms with Crippen LogP contribution in [-0.2, 0) is 16.0 Å². The number of aromatic nitrogens is 2. The maximum Gasteiger partial charge on any atom is 0.305 e. The molecule has 1 aromatic heterocycles. The molecule has 1 aromatic rings. The Balaban J connectivity index is 2.60. The van der Waals surface area contributed by atoms with E-state index in [1.807, 2.05) is 20.9 Å². The summed E-state index contributed by atoms with van der Waals surface area (Å²) in [6, 6.07) is 0. The zero-order valence-corrected chi connectivity index (χ0v) is 13.5. The van der Waals surface area contributed by atoms with E-state index in [9.17, 15) is 4.79 Å². The van der Waals surface area contributed by atoms with E-state index in [0.29, 0.717) is 19.6 Å². The highest BCUT2D eigenvalue weighted by molar-refractivity contribution is 5.69. The minimum atomic E-state index is -0.152. The molecule has 6 heteroatoms. The van der Waals surface area contributed by atoms with Crippen LogP contribution in [0, 0.1) is 6.92 Å². The van der Waals surface area contributed by atoms with E-state index in [4.69, 9.17) is 4.74 Å². The van der Waals surface area contributed by atoms with Gasteiger partial charge in [0.25, 0.3) is 0 Å². The van der Waals surface area contributed by atoms with Crippen molar-refractivity contribution in [3.63, 3.8) is 0 Å². The summed E-state index contributed by atoms with van der Waals surface area (Å²) in [5.41, 5.74) is 0.994. The van der Waals surface area contributed by atoms with E-state index in [-0.39, 0.29) is 5.97 Å². The summed E-state index contributed by atoms with van der Waals surface area (Å²) < 4.78 is 4.90. The molecule has 21 heavy (non-hydrogen) atoms. The first-order valence-electron chi connectivity index (χ1n) is 7.57. The SMILES string of the molecule is CCCc1nc(NC)c(C)c(NCCCC(=O)OCC)n1. The molecule has 0 aliphatic heterocycles. The second-order valence-corrected chi connectivity index (χ2v) is 4.80. The summed E-state index contributed by atoms with van der Waals surface area (Å²) in [4.78, 5) is 20.3. The van der Waals surface area contributed by atoms with Crippen molar-refractivity contribution in [3.05, 3.63) is 11.4 Å². The summed E-state index contributed by atoms with van der Waals surface area (Å²) in [5.74, 6) is 2.37. The molecule has 0 atom stereocenters. The van der Waals surface area contributed by atoms with Gasteiger partial charge in [-0.05, 0) is 26.7 Å². The molecule has 0 aromatic carbocycles. The fourth-order valence-electron chi connectivity index (χ4n) is 1.99. The van der Waals surface area contributed by atoms with Crippen LogP contribution in [0.2, 0.25) is 0 Å². The summed E-state index contributed by atoms with van der Waals surface area (Å²) in [5, 5.41) is 6.38. The van der Waals surface area contributed by atoms with Gasteiger partial charge in [-0.2, -0.15) is 0 Å². The van der Waals surface area contributed by atoms with Crippen molar-refractivity contribution in [2.24, 2.45) is 0 Å². The van der Waals surface area contributed by atoms with E-state index in [1.54, 1.807) is 0 Å². The number of carbonyl (C=O) groups is 1. The highest BCUT2D eigenvalue weighted by Crippen LogP contribution is 2.20. The normalized spacial score (nSPS) is 10.3. The van der Waals surface area contributed by atoms with Crippen molar-refractivity contribution < 1.29 is 9.53 Å². The van der Waals surface area contributed by atoms with Gasteiger partial charge in [0, 0.05) is 32.0 Å². The lowest BCUT2D eigenvalue weighted by atomic mass is 10.2. The van der Waals surface area contributed by atoms with E-state index in [1.165, 1.54) is 0 Å². The average Bonchev–Trinajstić information content (AvgIpc) is 2.46. The third kappa shape index (κ3) is 5.57. The Morgan fingerprint density at radius 2 is 1.95 bits per heavy atom. The van der Waals surface area contributed by atoms with E-state index in [0.717, 1.165) is 42.3 Å². The van der Waals surface area contributed by atoms with Crippen LogP contribution in [-0.4, -0.2) is 36.1 Å². The first kappa shape index (κ1) is 17.2. The maximum absolute atomic E-state index is 11.3. The molecule has 0 saturated heterocycles. The molecule has 6 nitrogen and oxygen atoms in total. The maximum atomic E-state index is 11.3. The summed E-state index contributed by atoms with van der Waals surface area (Å²) in [6.07, 6.45) is 3.01. The van der Waals surface area contributed by atoms with Crippen LogP contribution in [0.4, 0.5) is 11.6 Å². The molecule has 0 saturated carbocycles. The molecule has 0 bridgehead atoms. The molecule has 118 valence electrons. The van der Waals surface area contributed by atoms with Crippen molar-refractivity contribution >= 4 is 17.6 Å². The van der Waals surface area contributed by atoms with Crippen LogP contribution >= 0.6 is 0 Å². The highest BCUT2D eigenvalue weighted by Gasteiger charge is 2.09. The van der Waals surface area contributed by atoms with Crippen molar-refractivity contribution in [1.82, 2.24) is 9.97 Å². The van der Waals surface area contributed by atoms with Gasteiger partial charge < -0.3 is 15.4 Å². The van der Waals surface area contributed by atoms with Crippen LogP contribution in [0.1, 0.15) is 44.5 Å². The molecule has 0 fully saturated rings. The fraction of sp³-hybridized carbons (Fsp3) is 0.667. The third-order valence-electron chi connectivity index (χ3n) is 3.06. The van der Waals surface area contributed by atoms with E-state index < -0.39 is 0 Å². The predicted molar refractivity (Wildman–Crippen MR) is 84.7 cm³/mol. The van der Waals surface area contributed by atoms with Crippen molar-refractivity contribution in [1.29, 1.82) is 0 Å². The van der Waals surface area contributed by atoms with Gasteiger partial charge in [-0.15, -0.1) is 0 Å². The quantitative estimate of drug-likeness (QED) is 0.538. The molecular formula is C15H26N4O2. The number of ether oxygens (including phenoxy) is 1.